The normalized spacial score (nSPS) is 26.9. The van der Waals surface area contributed by atoms with Gasteiger partial charge in [0, 0.05) is 6.54 Å². The molecule has 1 saturated carbocycles. The van der Waals surface area contributed by atoms with Gasteiger partial charge in [-0.15, -0.1) is 0 Å². The van der Waals surface area contributed by atoms with Crippen LogP contribution in [0.15, 0.2) is 0 Å². The number of carbonyl (C=O) groups is 2. The van der Waals surface area contributed by atoms with Gasteiger partial charge in [-0.05, 0) is 50.0 Å². The molecule has 3 amide bonds. The van der Waals surface area contributed by atoms with Gasteiger partial charge in [-0.3, -0.25) is 4.79 Å². The van der Waals surface area contributed by atoms with Crippen LogP contribution >= 0.6 is 11.8 Å². The lowest BCUT2D eigenvalue weighted by molar-refractivity contribution is -0.124. The minimum Gasteiger partial charge on any atom is -0.388 e. The van der Waals surface area contributed by atoms with Crippen LogP contribution in [0.5, 0.6) is 0 Å². The molecule has 1 atom stereocenters. The van der Waals surface area contributed by atoms with E-state index >= 15 is 0 Å². The molecule has 1 rings (SSSR count). The molecule has 122 valence electrons. The summed E-state index contributed by atoms with van der Waals surface area (Å²) >= 11 is 1.60. The van der Waals surface area contributed by atoms with Crippen molar-refractivity contribution < 1.29 is 14.7 Å². The molecule has 0 heterocycles. The molecule has 0 aliphatic heterocycles. The second kappa shape index (κ2) is 8.48. The summed E-state index contributed by atoms with van der Waals surface area (Å²) in [6.07, 6.45) is 5.81. The Bertz CT molecular complexity index is 357. The number of thioether (sulfide) groups is 1. The molecule has 1 aliphatic carbocycles. The van der Waals surface area contributed by atoms with Crippen molar-refractivity contribution in [3.63, 3.8) is 0 Å². The van der Waals surface area contributed by atoms with E-state index in [1.807, 2.05) is 6.26 Å². The Morgan fingerprint density at radius 1 is 1.43 bits per heavy atom. The fraction of sp³-hybridized carbons (Fsp3) is 0.857. The topological polar surface area (TPSA) is 104 Å². The maximum absolute atomic E-state index is 12.1. The van der Waals surface area contributed by atoms with Crippen LogP contribution in [0.3, 0.4) is 0 Å². The number of carbonyl (C=O) groups excluding carboxylic acids is 2. The lowest BCUT2D eigenvalue weighted by Crippen LogP contribution is -2.52. The van der Waals surface area contributed by atoms with Crippen LogP contribution in [0.25, 0.3) is 0 Å². The maximum atomic E-state index is 12.1. The number of urea groups is 1. The Balaban J connectivity index is 2.46. The summed E-state index contributed by atoms with van der Waals surface area (Å²) in [7, 11) is 0. The molecular formula is C14H27N3O3S. The van der Waals surface area contributed by atoms with Crippen LogP contribution in [0.4, 0.5) is 4.79 Å². The number of nitrogens with two attached hydrogens (primary N) is 1. The zero-order valence-corrected chi connectivity index (χ0v) is 13.7. The second-order valence-electron chi connectivity index (χ2n) is 5.97. The van der Waals surface area contributed by atoms with Gasteiger partial charge in [0.1, 0.15) is 6.04 Å². The lowest BCUT2D eigenvalue weighted by Gasteiger charge is -2.35. The summed E-state index contributed by atoms with van der Waals surface area (Å²) in [5.41, 5.74) is 4.28. The standard InChI is InChI=1S/C14H27N3O3S/c1-10-3-6-14(20,7-4-10)9-16-12(18)11(5-8-21-2)17-13(15)19/h10-11,20H,3-9H2,1-2H3,(H,16,18)(H3,15,17,19). The van der Waals surface area contributed by atoms with Gasteiger partial charge in [0.05, 0.1) is 5.60 Å². The molecule has 0 radical (unpaired) electrons. The highest BCUT2D eigenvalue weighted by molar-refractivity contribution is 7.98. The number of amides is 3. The number of hydrogen-bond acceptors (Lipinski definition) is 4. The predicted molar refractivity (Wildman–Crippen MR) is 85.1 cm³/mol. The average Bonchev–Trinajstić information content (AvgIpc) is 2.44. The van der Waals surface area contributed by atoms with Crippen molar-refractivity contribution >= 4 is 23.7 Å². The van der Waals surface area contributed by atoms with Gasteiger partial charge < -0.3 is 21.5 Å². The van der Waals surface area contributed by atoms with Gasteiger partial charge >= 0.3 is 6.03 Å². The highest BCUT2D eigenvalue weighted by Crippen LogP contribution is 2.31. The first-order valence-corrected chi connectivity index (χ1v) is 8.80. The quantitative estimate of drug-likeness (QED) is 0.558. The van der Waals surface area contributed by atoms with E-state index in [-0.39, 0.29) is 12.5 Å². The molecule has 0 spiro atoms. The predicted octanol–water partition coefficient (Wildman–Crippen LogP) is 0.834. The van der Waals surface area contributed by atoms with Gasteiger partial charge in [-0.1, -0.05) is 6.92 Å². The molecule has 0 saturated heterocycles. The van der Waals surface area contributed by atoms with Crippen molar-refractivity contribution in [3.8, 4) is 0 Å². The summed E-state index contributed by atoms with van der Waals surface area (Å²) in [6.45, 7) is 2.40. The fourth-order valence-corrected chi connectivity index (χ4v) is 3.00. The van der Waals surface area contributed by atoms with Crippen molar-refractivity contribution in [1.82, 2.24) is 10.6 Å². The third-order valence-corrected chi connectivity index (χ3v) is 4.68. The van der Waals surface area contributed by atoms with Crippen LogP contribution < -0.4 is 16.4 Å². The number of rotatable bonds is 7. The van der Waals surface area contributed by atoms with Crippen LogP contribution in [-0.4, -0.2) is 47.2 Å². The molecule has 6 nitrogen and oxygen atoms in total. The Labute approximate surface area is 130 Å². The molecule has 7 heteroatoms. The zero-order valence-electron chi connectivity index (χ0n) is 12.9. The molecule has 0 aromatic carbocycles. The van der Waals surface area contributed by atoms with Crippen molar-refractivity contribution in [2.24, 2.45) is 11.7 Å². The van der Waals surface area contributed by atoms with Gasteiger partial charge in [0.25, 0.3) is 0 Å². The minimum atomic E-state index is -0.820. The third kappa shape index (κ3) is 6.56. The van der Waals surface area contributed by atoms with Crippen LogP contribution in [-0.2, 0) is 4.79 Å². The van der Waals surface area contributed by atoms with E-state index < -0.39 is 17.7 Å². The molecule has 1 fully saturated rings. The average molecular weight is 317 g/mol. The molecule has 0 aromatic heterocycles. The summed E-state index contributed by atoms with van der Waals surface area (Å²) in [4.78, 5) is 23.1. The smallest absolute Gasteiger partial charge is 0.312 e. The highest BCUT2D eigenvalue weighted by atomic mass is 32.2. The van der Waals surface area contributed by atoms with E-state index in [1.54, 1.807) is 11.8 Å². The van der Waals surface area contributed by atoms with E-state index in [2.05, 4.69) is 17.6 Å². The van der Waals surface area contributed by atoms with Crippen molar-refractivity contribution in [1.29, 1.82) is 0 Å². The van der Waals surface area contributed by atoms with E-state index in [9.17, 15) is 14.7 Å². The van der Waals surface area contributed by atoms with Crippen LogP contribution in [0.2, 0.25) is 0 Å². The van der Waals surface area contributed by atoms with Crippen molar-refractivity contribution in [2.75, 3.05) is 18.6 Å². The van der Waals surface area contributed by atoms with Crippen LogP contribution in [0.1, 0.15) is 39.0 Å². The Hall–Kier alpha value is -0.950. The fourth-order valence-electron chi connectivity index (χ4n) is 2.53. The summed E-state index contributed by atoms with van der Waals surface area (Å²) in [6, 6.07) is -1.34. The largest absolute Gasteiger partial charge is 0.388 e. The number of nitrogens with one attached hydrogen (secondary N) is 2. The molecule has 1 aliphatic rings. The molecule has 21 heavy (non-hydrogen) atoms. The van der Waals surface area contributed by atoms with E-state index in [4.69, 9.17) is 5.73 Å². The monoisotopic (exact) mass is 317 g/mol. The Morgan fingerprint density at radius 3 is 2.57 bits per heavy atom. The van der Waals surface area contributed by atoms with E-state index in [0.717, 1.165) is 18.6 Å². The Kier molecular flexibility index (Phi) is 7.31. The van der Waals surface area contributed by atoms with Crippen LogP contribution in [0, 0.1) is 5.92 Å². The summed E-state index contributed by atoms with van der Waals surface area (Å²) < 4.78 is 0. The summed E-state index contributed by atoms with van der Waals surface area (Å²) in [5, 5.41) is 15.7. The Morgan fingerprint density at radius 2 is 2.05 bits per heavy atom. The molecule has 5 N–H and O–H groups in total. The number of hydrogen-bond donors (Lipinski definition) is 4. The SMILES string of the molecule is CSCCC(NC(N)=O)C(=O)NCC1(O)CCC(C)CC1. The van der Waals surface area contributed by atoms with Crippen molar-refractivity contribution in [2.45, 2.75) is 50.7 Å². The first kappa shape index (κ1) is 18.1. The van der Waals surface area contributed by atoms with Gasteiger partial charge in [0.2, 0.25) is 5.91 Å². The van der Waals surface area contributed by atoms with Gasteiger partial charge in [-0.25, -0.2) is 4.79 Å². The third-order valence-electron chi connectivity index (χ3n) is 4.04. The minimum absolute atomic E-state index is 0.231. The first-order chi connectivity index (χ1) is 9.86. The van der Waals surface area contributed by atoms with Gasteiger partial charge in [0.15, 0.2) is 0 Å². The van der Waals surface area contributed by atoms with Gasteiger partial charge in [-0.2, -0.15) is 11.8 Å². The lowest BCUT2D eigenvalue weighted by atomic mass is 9.79. The molecule has 0 aromatic rings. The summed E-state index contributed by atoms with van der Waals surface area (Å²) in [5.74, 6) is 1.10. The molecular weight excluding hydrogens is 290 g/mol. The second-order valence-corrected chi connectivity index (χ2v) is 6.95. The van der Waals surface area contributed by atoms with E-state index in [1.165, 1.54) is 0 Å². The van der Waals surface area contributed by atoms with E-state index in [0.29, 0.717) is 25.2 Å². The first-order valence-electron chi connectivity index (χ1n) is 7.41. The number of aliphatic hydroxyl groups is 1. The van der Waals surface area contributed by atoms with Crippen molar-refractivity contribution in [3.05, 3.63) is 0 Å². The number of primary amides is 1. The molecule has 0 bridgehead atoms. The maximum Gasteiger partial charge on any atom is 0.312 e. The molecule has 1 unspecified atom stereocenters. The zero-order chi connectivity index (χ0) is 15.9. The highest BCUT2D eigenvalue weighted by Gasteiger charge is 2.32.